The molecule has 1 aliphatic carbocycles. The summed E-state index contributed by atoms with van der Waals surface area (Å²) in [6, 6.07) is 3.61. The summed E-state index contributed by atoms with van der Waals surface area (Å²) in [4.78, 5) is 4.32. The van der Waals surface area contributed by atoms with Gasteiger partial charge in [0.25, 0.3) is 5.89 Å². The lowest BCUT2D eigenvalue weighted by molar-refractivity contribution is -0.0527. The fourth-order valence-corrected chi connectivity index (χ4v) is 2.84. The quantitative estimate of drug-likeness (QED) is 0.939. The van der Waals surface area contributed by atoms with Crippen molar-refractivity contribution in [2.75, 3.05) is 7.11 Å². The number of ether oxygens (including phenoxy) is 1. The van der Waals surface area contributed by atoms with E-state index in [-0.39, 0.29) is 17.2 Å². The van der Waals surface area contributed by atoms with E-state index in [1.807, 2.05) is 0 Å². The van der Waals surface area contributed by atoms with Gasteiger partial charge in [0.15, 0.2) is 0 Å². The highest BCUT2D eigenvalue weighted by molar-refractivity contribution is 5.61. The molecule has 1 fully saturated rings. The van der Waals surface area contributed by atoms with E-state index in [0.717, 1.165) is 25.7 Å². The van der Waals surface area contributed by atoms with E-state index >= 15 is 0 Å². The van der Waals surface area contributed by atoms with Gasteiger partial charge in [-0.05, 0) is 31.0 Å². The Hall–Kier alpha value is -1.95. The summed E-state index contributed by atoms with van der Waals surface area (Å²) >= 11 is 0. The zero-order chi connectivity index (χ0) is 14.9. The first-order valence-corrected chi connectivity index (χ1v) is 7.03. The van der Waals surface area contributed by atoms with Crippen molar-refractivity contribution >= 4 is 0 Å². The van der Waals surface area contributed by atoms with Gasteiger partial charge in [0, 0.05) is 7.11 Å². The van der Waals surface area contributed by atoms with Crippen molar-refractivity contribution in [3.63, 3.8) is 0 Å². The maximum Gasteiger partial charge on any atom is 0.261 e. The van der Waals surface area contributed by atoms with E-state index in [9.17, 15) is 9.50 Å². The molecular formula is C15H17FN2O3. The highest BCUT2D eigenvalue weighted by Crippen LogP contribution is 2.39. The molecule has 0 atom stereocenters. The van der Waals surface area contributed by atoms with Crippen LogP contribution in [-0.2, 0) is 10.3 Å². The second-order valence-electron chi connectivity index (χ2n) is 5.34. The first kappa shape index (κ1) is 14.0. The average Bonchev–Trinajstić information content (AvgIpc) is 3.00. The maximum absolute atomic E-state index is 13.3. The molecular weight excluding hydrogens is 275 g/mol. The fourth-order valence-electron chi connectivity index (χ4n) is 2.84. The number of halogens is 1. The van der Waals surface area contributed by atoms with Crippen LogP contribution in [0.25, 0.3) is 11.5 Å². The number of phenolic OH excluding ortho intramolecular Hbond substituents is 1. The molecule has 1 N–H and O–H groups in total. The van der Waals surface area contributed by atoms with Gasteiger partial charge in [-0.3, -0.25) is 0 Å². The van der Waals surface area contributed by atoms with E-state index in [4.69, 9.17) is 9.26 Å². The minimum atomic E-state index is -0.539. The largest absolute Gasteiger partial charge is 0.507 e. The van der Waals surface area contributed by atoms with Crippen LogP contribution in [-0.4, -0.2) is 22.4 Å². The molecule has 21 heavy (non-hydrogen) atoms. The van der Waals surface area contributed by atoms with Crippen molar-refractivity contribution in [2.45, 2.75) is 37.7 Å². The van der Waals surface area contributed by atoms with Crippen molar-refractivity contribution in [3.05, 3.63) is 29.8 Å². The molecule has 112 valence electrons. The number of aromatic hydroxyl groups is 1. The highest BCUT2D eigenvalue weighted by atomic mass is 19.1. The summed E-state index contributed by atoms with van der Waals surface area (Å²) in [5, 5.41) is 13.8. The zero-order valence-corrected chi connectivity index (χ0v) is 11.8. The van der Waals surface area contributed by atoms with Crippen molar-refractivity contribution in [2.24, 2.45) is 0 Å². The molecule has 0 saturated heterocycles. The van der Waals surface area contributed by atoms with E-state index < -0.39 is 11.4 Å². The van der Waals surface area contributed by atoms with E-state index in [2.05, 4.69) is 10.1 Å². The van der Waals surface area contributed by atoms with Gasteiger partial charge in [0.2, 0.25) is 5.82 Å². The molecule has 3 rings (SSSR count). The summed E-state index contributed by atoms with van der Waals surface area (Å²) in [7, 11) is 1.64. The monoisotopic (exact) mass is 292 g/mol. The van der Waals surface area contributed by atoms with Crippen LogP contribution in [0, 0.1) is 5.82 Å². The van der Waals surface area contributed by atoms with Crippen LogP contribution in [0.1, 0.15) is 37.9 Å². The van der Waals surface area contributed by atoms with Gasteiger partial charge in [-0.1, -0.05) is 24.4 Å². The number of nitrogens with zero attached hydrogens (tertiary/aromatic N) is 2. The molecule has 0 amide bonds. The molecule has 5 nitrogen and oxygen atoms in total. The van der Waals surface area contributed by atoms with Crippen LogP contribution < -0.4 is 0 Å². The lowest BCUT2D eigenvalue weighted by Crippen LogP contribution is -2.32. The first-order chi connectivity index (χ1) is 10.1. The Kier molecular flexibility index (Phi) is 3.63. The standard InChI is InChI=1S/C15H17FN2O3/c1-20-15(7-3-2-4-8-15)14-17-13(21-18-14)11-9-10(16)5-6-12(11)19/h5-6,9,19H,2-4,7-8H2,1H3. The fraction of sp³-hybridized carbons (Fsp3) is 0.467. The van der Waals surface area contributed by atoms with Crippen molar-refractivity contribution < 1.29 is 18.8 Å². The third kappa shape index (κ3) is 2.51. The minimum Gasteiger partial charge on any atom is -0.507 e. The Bertz CT molecular complexity index is 636. The third-order valence-corrected chi connectivity index (χ3v) is 4.07. The lowest BCUT2D eigenvalue weighted by atomic mass is 9.84. The zero-order valence-electron chi connectivity index (χ0n) is 11.8. The van der Waals surface area contributed by atoms with Crippen LogP contribution in [0.4, 0.5) is 4.39 Å². The lowest BCUT2D eigenvalue weighted by Gasteiger charge is -2.32. The molecule has 0 bridgehead atoms. The predicted octanol–water partition coefficient (Wildman–Crippen LogP) is 3.39. The number of phenols is 1. The van der Waals surface area contributed by atoms with Gasteiger partial charge in [-0.25, -0.2) is 4.39 Å². The van der Waals surface area contributed by atoms with Gasteiger partial charge in [-0.2, -0.15) is 4.98 Å². The summed E-state index contributed by atoms with van der Waals surface area (Å²) < 4.78 is 24.2. The number of hydrogen-bond donors (Lipinski definition) is 1. The molecule has 6 heteroatoms. The summed E-state index contributed by atoms with van der Waals surface area (Å²) in [5.41, 5.74) is -0.348. The van der Waals surface area contributed by atoms with Gasteiger partial charge < -0.3 is 14.4 Å². The Morgan fingerprint density at radius 2 is 2.05 bits per heavy atom. The van der Waals surface area contributed by atoms with Crippen molar-refractivity contribution in [1.29, 1.82) is 0 Å². The van der Waals surface area contributed by atoms with Gasteiger partial charge in [0.05, 0.1) is 5.56 Å². The molecule has 1 aromatic heterocycles. The van der Waals surface area contributed by atoms with E-state index in [1.54, 1.807) is 7.11 Å². The summed E-state index contributed by atoms with van der Waals surface area (Å²) in [6.45, 7) is 0. The number of aromatic nitrogens is 2. The molecule has 0 radical (unpaired) electrons. The Morgan fingerprint density at radius 1 is 1.29 bits per heavy atom. The van der Waals surface area contributed by atoms with Gasteiger partial charge in [-0.15, -0.1) is 0 Å². The van der Waals surface area contributed by atoms with Gasteiger partial charge in [0.1, 0.15) is 17.2 Å². The molecule has 2 aromatic rings. The average molecular weight is 292 g/mol. The third-order valence-electron chi connectivity index (χ3n) is 4.07. The smallest absolute Gasteiger partial charge is 0.261 e. The minimum absolute atomic E-state index is 0.0956. The van der Waals surface area contributed by atoms with E-state index in [1.165, 1.54) is 24.6 Å². The second kappa shape index (κ2) is 5.44. The SMILES string of the molecule is COC1(c2noc(-c3cc(F)ccc3O)n2)CCCCC1. The molecule has 1 saturated carbocycles. The van der Waals surface area contributed by atoms with Crippen LogP contribution in [0.2, 0.25) is 0 Å². The normalized spacial score (nSPS) is 17.8. The molecule has 0 spiro atoms. The van der Waals surface area contributed by atoms with Crippen molar-refractivity contribution in [3.8, 4) is 17.2 Å². The second-order valence-corrected chi connectivity index (χ2v) is 5.34. The number of rotatable bonds is 3. The van der Waals surface area contributed by atoms with Gasteiger partial charge >= 0.3 is 0 Å². The Morgan fingerprint density at radius 3 is 2.76 bits per heavy atom. The summed E-state index contributed by atoms with van der Waals surface area (Å²) in [5.74, 6) is -0.00394. The highest BCUT2D eigenvalue weighted by Gasteiger charge is 2.38. The van der Waals surface area contributed by atoms with Crippen LogP contribution in [0.15, 0.2) is 22.7 Å². The molecule has 0 unspecified atom stereocenters. The molecule has 1 heterocycles. The van der Waals surface area contributed by atoms with Crippen LogP contribution >= 0.6 is 0 Å². The Labute approximate surface area is 121 Å². The first-order valence-electron chi connectivity index (χ1n) is 7.03. The molecule has 1 aliphatic rings. The number of benzene rings is 1. The molecule has 0 aliphatic heterocycles. The predicted molar refractivity (Wildman–Crippen MR) is 73.1 cm³/mol. The van der Waals surface area contributed by atoms with Crippen LogP contribution in [0.3, 0.4) is 0 Å². The topological polar surface area (TPSA) is 68.4 Å². The van der Waals surface area contributed by atoms with Crippen molar-refractivity contribution in [1.82, 2.24) is 10.1 Å². The number of hydrogen-bond acceptors (Lipinski definition) is 5. The maximum atomic E-state index is 13.3. The molecule has 1 aromatic carbocycles. The van der Waals surface area contributed by atoms with Crippen LogP contribution in [0.5, 0.6) is 5.75 Å². The summed E-state index contributed by atoms with van der Waals surface area (Å²) in [6.07, 6.45) is 4.92. The number of methoxy groups -OCH3 is 1. The van der Waals surface area contributed by atoms with E-state index in [0.29, 0.717) is 5.82 Å². The Balaban J connectivity index is 1.97.